The second kappa shape index (κ2) is 9.86. The first-order valence-electron chi connectivity index (χ1n) is 9.46. The zero-order chi connectivity index (χ0) is 21.5. The highest BCUT2D eigenvalue weighted by atomic mass is 16.6. The Morgan fingerprint density at radius 3 is 2.25 bits per heavy atom. The first-order valence-corrected chi connectivity index (χ1v) is 9.46. The van der Waals surface area contributed by atoms with Crippen molar-refractivity contribution in [2.45, 2.75) is 70.6 Å². The molecule has 9 nitrogen and oxygen atoms in total. The van der Waals surface area contributed by atoms with Crippen LogP contribution in [0.2, 0.25) is 0 Å². The second-order valence-electron chi connectivity index (χ2n) is 8.43. The first kappa shape index (κ1) is 23.9. The number of carbonyl (C=O) groups is 4. The Labute approximate surface area is 166 Å². The lowest BCUT2D eigenvalue weighted by Crippen LogP contribution is -2.53. The predicted octanol–water partition coefficient (Wildman–Crippen LogP) is 0.988. The summed E-state index contributed by atoms with van der Waals surface area (Å²) in [7, 11) is 1.21. The van der Waals surface area contributed by atoms with Gasteiger partial charge in [-0.15, -0.1) is 0 Å². The SMILES string of the molecule is COC(=O)C(CC(C=O)CC1(N)CCN(C(C)=O)CC1)NC(=O)OC(C)(C)C. The highest BCUT2D eigenvalue weighted by molar-refractivity contribution is 5.81. The van der Waals surface area contributed by atoms with Crippen LogP contribution >= 0.6 is 0 Å². The average molecular weight is 399 g/mol. The van der Waals surface area contributed by atoms with Gasteiger partial charge in [-0.2, -0.15) is 0 Å². The largest absolute Gasteiger partial charge is 0.467 e. The van der Waals surface area contributed by atoms with Crippen LogP contribution in [0.25, 0.3) is 0 Å². The van der Waals surface area contributed by atoms with Gasteiger partial charge in [0.15, 0.2) is 0 Å². The zero-order valence-corrected chi connectivity index (χ0v) is 17.4. The Morgan fingerprint density at radius 1 is 1.25 bits per heavy atom. The topological polar surface area (TPSA) is 128 Å². The van der Waals surface area contributed by atoms with Crippen molar-refractivity contribution < 1.29 is 28.7 Å². The van der Waals surface area contributed by atoms with Gasteiger partial charge in [-0.05, 0) is 46.5 Å². The number of esters is 1. The van der Waals surface area contributed by atoms with E-state index in [4.69, 9.17) is 15.2 Å². The molecule has 1 aliphatic heterocycles. The Kier molecular flexibility index (Phi) is 8.41. The number of ether oxygens (including phenoxy) is 2. The molecular weight excluding hydrogens is 366 g/mol. The molecule has 28 heavy (non-hydrogen) atoms. The van der Waals surface area contributed by atoms with E-state index in [-0.39, 0.29) is 12.3 Å². The summed E-state index contributed by atoms with van der Waals surface area (Å²) in [6, 6.07) is -1.02. The van der Waals surface area contributed by atoms with Gasteiger partial charge < -0.3 is 30.2 Å². The van der Waals surface area contributed by atoms with E-state index in [1.54, 1.807) is 25.7 Å². The fraction of sp³-hybridized carbons (Fsp3) is 0.789. The van der Waals surface area contributed by atoms with E-state index < -0.39 is 35.2 Å². The summed E-state index contributed by atoms with van der Waals surface area (Å²) < 4.78 is 9.92. The summed E-state index contributed by atoms with van der Waals surface area (Å²) in [4.78, 5) is 48.9. The predicted molar refractivity (Wildman–Crippen MR) is 102 cm³/mol. The van der Waals surface area contributed by atoms with Gasteiger partial charge in [-0.3, -0.25) is 4.79 Å². The standard InChI is InChI=1S/C19H33N3O6/c1-13(24)22-8-6-19(20,7-9-22)11-14(12-23)10-15(16(25)27-5)21-17(26)28-18(2,3)4/h12,14-15H,6-11,20H2,1-5H3,(H,21,26). The van der Waals surface area contributed by atoms with Crippen molar-refractivity contribution in [3.63, 3.8) is 0 Å². The molecule has 0 aromatic carbocycles. The molecule has 1 saturated heterocycles. The van der Waals surface area contributed by atoms with E-state index in [0.29, 0.717) is 32.4 Å². The van der Waals surface area contributed by atoms with Crippen LogP contribution in [-0.4, -0.2) is 66.5 Å². The number of nitrogens with one attached hydrogen (secondary N) is 1. The number of rotatable bonds is 7. The van der Waals surface area contributed by atoms with Crippen LogP contribution in [0, 0.1) is 5.92 Å². The number of nitrogens with two attached hydrogens (primary N) is 1. The van der Waals surface area contributed by atoms with Crippen molar-refractivity contribution in [2.24, 2.45) is 11.7 Å². The Balaban J connectivity index is 2.74. The third-order valence-corrected chi connectivity index (χ3v) is 4.78. The number of nitrogens with zero attached hydrogens (tertiary/aromatic N) is 1. The number of methoxy groups -OCH3 is 1. The molecule has 0 spiro atoms. The molecule has 1 heterocycles. The fourth-order valence-corrected chi connectivity index (χ4v) is 3.29. The molecule has 2 atom stereocenters. The lowest BCUT2D eigenvalue weighted by molar-refractivity contribution is -0.143. The minimum absolute atomic E-state index is 0.00121. The maximum absolute atomic E-state index is 12.1. The monoisotopic (exact) mass is 399 g/mol. The van der Waals surface area contributed by atoms with Gasteiger partial charge in [0, 0.05) is 31.5 Å². The highest BCUT2D eigenvalue weighted by Crippen LogP contribution is 2.28. The van der Waals surface area contributed by atoms with E-state index in [2.05, 4.69) is 5.32 Å². The molecule has 1 rings (SSSR count). The van der Waals surface area contributed by atoms with Crippen molar-refractivity contribution >= 4 is 24.3 Å². The second-order valence-corrected chi connectivity index (χ2v) is 8.43. The third kappa shape index (κ3) is 7.84. The minimum Gasteiger partial charge on any atom is -0.467 e. The maximum atomic E-state index is 12.1. The van der Waals surface area contributed by atoms with Crippen LogP contribution in [0.5, 0.6) is 0 Å². The third-order valence-electron chi connectivity index (χ3n) is 4.78. The molecule has 0 bridgehead atoms. The molecule has 2 amide bonds. The molecule has 2 unspecified atom stereocenters. The molecular formula is C19H33N3O6. The van der Waals surface area contributed by atoms with E-state index in [1.807, 2.05) is 0 Å². The number of amides is 2. The Morgan fingerprint density at radius 2 is 1.82 bits per heavy atom. The Hall–Kier alpha value is -2.16. The lowest BCUT2D eigenvalue weighted by Gasteiger charge is -2.40. The molecule has 3 N–H and O–H groups in total. The van der Waals surface area contributed by atoms with Crippen LogP contribution in [0.1, 0.15) is 53.4 Å². The van der Waals surface area contributed by atoms with E-state index in [1.165, 1.54) is 14.0 Å². The molecule has 0 aromatic heterocycles. The van der Waals surface area contributed by atoms with E-state index >= 15 is 0 Å². The van der Waals surface area contributed by atoms with Gasteiger partial charge >= 0.3 is 12.1 Å². The highest BCUT2D eigenvalue weighted by Gasteiger charge is 2.36. The molecule has 9 heteroatoms. The van der Waals surface area contributed by atoms with Crippen molar-refractivity contribution in [3.8, 4) is 0 Å². The number of hydrogen-bond donors (Lipinski definition) is 2. The lowest BCUT2D eigenvalue weighted by atomic mass is 9.79. The van der Waals surface area contributed by atoms with Gasteiger partial charge in [0.05, 0.1) is 7.11 Å². The summed E-state index contributed by atoms with van der Waals surface area (Å²) in [5, 5.41) is 2.47. The summed E-state index contributed by atoms with van der Waals surface area (Å²) in [6.45, 7) is 7.71. The van der Waals surface area contributed by atoms with Crippen molar-refractivity contribution in [1.29, 1.82) is 0 Å². The summed E-state index contributed by atoms with van der Waals surface area (Å²) in [5.74, 6) is -1.20. The van der Waals surface area contributed by atoms with Crippen LogP contribution in [-0.2, 0) is 23.9 Å². The average Bonchev–Trinajstić information content (AvgIpc) is 2.58. The molecule has 0 saturated carbocycles. The van der Waals surface area contributed by atoms with Crippen LogP contribution < -0.4 is 11.1 Å². The van der Waals surface area contributed by atoms with Crippen LogP contribution in [0.4, 0.5) is 4.79 Å². The van der Waals surface area contributed by atoms with Gasteiger partial charge in [-0.25, -0.2) is 9.59 Å². The van der Waals surface area contributed by atoms with Gasteiger partial charge in [0.1, 0.15) is 17.9 Å². The Bertz CT molecular complexity index is 579. The van der Waals surface area contributed by atoms with Crippen LogP contribution in [0.15, 0.2) is 0 Å². The molecule has 1 aliphatic rings. The van der Waals surface area contributed by atoms with Gasteiger partial charge in [0.25, 0.3) is 0 Å². The summed E-state index contributed by atoms with van der Waals surface area (Å²) in [6.07, 6.45) is 1.54. The fourth-order valence-electron chi connectivity index (χ4n) is 3.29. The molecule has 160 valence electrons. The number of piperidine rings is 1. The molecule has 0 aliphatic carbocycles. The summed E-state index contributed by atoms with van der Waals surface area (Å²) in [5.41, 5.74) is 5.11. The molecule has 1 fully saturated rings. The number of aldehydes is 1. The molecule has 0 radical (unpaired) electrons. The van der Waals surface area contributed by atoms with Crippen molar-refractivity contribution in [3.05, 3.63) is 0 Å². The number of hydrogen-bond acceptors (Lipinski definition) is 7. The maximum Gasteiger partial charge on any atom is 0.408 e. The van der Waals surface area contributed by atoms with Gasteiger partial charge in [0.2, 0.25) is 5.91 Å². The number of alkyl carbamates (subject to hydrolysis) is 1. The van der Waals surface area contributed by atoms with Crippen molar-refractivity contribution in [2.75, 3.05) is 20.2 Å². The number of likely N-dealkylation sites (tertiary alicyclic amines) is 1. The number of carbonyl (C=O) groups excluding carboxylic acids is 4. The van der Waals surface area contributed by atoms with E-state index in [9.17, 15) is 19.2 Å². The first-order chi connectivity index (χ1) is 12.9. The summed E-state index contributed by atoms with van der Waals surface area (Å²) >= 11 is 0. The van der Waals surface area contributed by atoms with Gasteiger partial charge in [-0.1, -0.05) is 0 Å². The van der Waals surface area contributed by atoms with E-state index in [0.717, 1.165) is 6.29 Å². The normalized spacial score (nSPS) is 18.6. The minimum atomic E-state index is -1.02. The zero-order valence-electron chi connectivity index (χ0n) is 17.4. The smallest absolute Gasteiger partial charge is 0.408 e. The van der Waals surface area contributed by atoms with Crippen LogP contribution in [0.3, 0.4) is 0 Å². The molecule has 0 aromatic rings. The quantitative estimate of drug-likeness (QED) is 0.482. The van der Waals surface area contributed by atoms with Crippen molar-refractivity contribution in [1.82, 2.24) is 10.2 Å².